The second-order valence-electron chi connectivity index (χ2n) is 4.17. The molecule has 2 rings (SSSR count). The number of benzene rings is 1. The first-order valence-corrected chi connectivity index (χ1v) is 6.37. The summed E-state index contributed by atoms with van der Waals surface area (Å²) in [5, 5.41) is 2.95. The molecule has 1 aromatic rings. The number of ether oxygens (including phenoxy) is 1. The standard InChI is InChI=1S/C13H16ClNO2/c1-2-9(7-14)15-13(16)11-8-17-12-6-4-3-5-10(11)12/h3-6,9,11H,2,7-8H2,1H3,(H,15,16). The number of alkyl halides is 1. The molecule has 1 N–H and O–H groups in total. The maximum absolute atomic E-state index is 12.1. The number of para-hydroxylation sites is 1. The molecule has 1 amide bonds. The van der Waals surface area contributed by atoms with Crippen molar-refractivity contribution in [1.29, 1.82) is 0 Å². The molecule has 0 fully saturated rings. The highest BCUT2D eigenvalue weighted by Gasteiger charge is 2.30. The van der Waals surface area contributed by atoms with Crippen molar-refractivity contribution < 1.29 is 9.53 Å². The molecular weight excluding hydrogens is 238 g/mol. The molecule has 0 aliphatic carbocycles. The van der Waals surface area contributed by atoms with Crippen molar-refractivity contribution >= 4 is 17.5 Å². The minimum atomic E-state index is -0.205. The molecule has 0 radical (unpaired) electrons. The number of fused-ring (bicyclic) bond motifs is 1. The van der Waals surface area contributed by atoms with Gasteiger partial charge in [-0.2, -0.15) is 0 Å². The zero-order valence-corrected chi connectivity index (χ0v) is 10.5. The number of nitrogens with one attached hydrogen (secondary N) is 1. The Bertz CT molecular complexity index is 404. The molecule has 1 aliphatic rings. The monoisotopic (exact) mass is 253 g/mol. The van der Waals surface area contributed by atoms with Crippen LogP contribution >= 0.6 is 11.6 Å². The molecule has 2 unspecified atom stereocenters. The zero-order valence-electron chi connectivity index (χ0n) is 9.78. The van der Waals surface area contributed by atoms with E-state index in [0.717, 1.165) is 17.7 Å². The largest absolute Gasteiger partial charge is 0.492 e. The maximum atomic E-state index is 12.1. The van der Waals surface area contributed by atoms with E-state index < -0.39 is 0 Å². The van der Waals surface area contributed by atoms with Gasteiger partial charge in [0.25, 0.3) is 0 Å². The van der Waals surface area contributed by atoms with Gasteiger partial charge in [0.05, 0.1) is 0 Å². The van der Waals surface area contributed by atoms with Crippen LogP contribution in [-0.2, 0) is 4.79 Å². The molecule has 3 nitrogen and oxygen atoms in total. The van der Waals surface area contributed by atoms with E-state index in [4.69, 9.17) is 16.3 Å². The number of carbonyl (C=O) groups is 1. The van der Waals surface area contributed by atoms with E-state index >= 15 is 0 Å². The van der Waals surface area contributed by atoms with Gasteiger partial charge in [-0.05, 0) is 12.5 Å². The predicted molar refractivity (Wildman–Crippen MR) is 67.6 cm³/mol. The Kier molecular flexibility index (Phi) is 3.89. The lowest BCUT2D eigenvalue weighted by atomic mass is 10.00. The fraction of sp³-hybridized carbons (Fsp3) is 0.462. The van der Waals surface area contributed by atoms with Gasteiger partial charge in [0.2, 0.25) is 5.91 Å². The summed E-state index contributed by atoms with van der Waals surface area (Å²) in [6.45, 7) is 2.43. The fourth-order valence-corrected chi connectivity index (χ4v) is 2.23. The summed E-state index contributed by atoms with van der Waals surface area (Å²) in [4.78, 5) is 12.1. The fourth-order valence-electron chi connectivity index (χ4n) is 1.93. The minimum absolute atomic E-state index is 0.00227. The van der Waals surface area contributed by atoms with Gasteiger partial charge in [-0.1, -0.05) is 25.1 Å². The van der Waals surface area contributed by atoms with Crippen molar-refractivity contribution in [2.75, 3.05) is 12.5 Å². The van der Waals surface area contributed by atoms with E-state index in [1.165, 1.54) is 0 Å². The van der Waals surface area contributed by atoms with Crippen LogP contribution in [-0.4, -0.2) is 24.4 Å². The number of amides is 1. The normalized spacial score (nSPS) is 19.3. The van der Waals surface area contributed by atoms with Crippen LogP contribution in [0.4, 0.5) is 0 Å². The molecule has 0 saturated heterocycles. The second-order valence-corrected chi connectivity index (χ2v) is 4.48. The van der Waals surface area contributed by atoms with Gasteiger partial charge in [-0.3, -0.25) is 4.79 Å². The van der Waals surface area contributed by atoms with Crippen molar-refractivity contribution in [2.24, 2.45) is 0 Å². The van der Waals surface area contributed by atoms with Crippen molar-refractivity contribution in [1.82, 2.24) is 5.32 Å². The summed E-state index contributed by atoms with van der Waals surface area (Å²) < 4.78 is 5.49. The molecule has 0 bridgehead atoms. The summed E-state index contributed by atoms with van der Waals surface area (Å²) >= 11 is 5.77. The van der Waals surface area contributed by atoms with E-state index in [1.54, 1.807) is 0 Å². The molecular formula is C13H16ClNO2. The molecule has 0 saturated carbocycles. The minimum Gasteiger partial charge on any atom is -0.492 e. The first-order chi connectivity index (χ1) is 8.26. The van der Waals surface area contributed by atoms with E-state index in [2.05, 4.69) is 5.32 Å². The lowest BCUT2D eigenvalue weighted by Gasteiger charge is -2.16. The molecule has 92 valence electrons. The first-order valence-electron chi connectivity index (χ1n) is 5.84. The summed E-state index contributed by atoms with van der Waals surface area (Å²) in [5.41, 5.74) is 0.967. The van der Waals surface area contributed by atoms with Gasteiger partial charge in [0.15, 0.2) is 0 Å². The van der Waals surface area contributed by atoms with Crippen LogP contribution in [0, 0.1) is 0 Å². The number of hydrogen-bond donors (Lipinski definition) is 1. The zero-order chi connectivity index (χ0) is 12.3. The SMILES string of the molecule is CCC(CCl)NC(=O)C1COc2ccccc21. The molecule has 1 aromatic carbocycles. The van der Waals surface area contributed by atoms with Crippen LogP contribution < -0.4 is 10.1 Å². The van der Waals surface area contributed by atoms with E-state index in [1.807, 2.05) is 31.2 Å². The summed E-state index contributed by atoms with van der Waals surface area (Å²) in [5.74, 6) is 1.05. The third-order valence-electron chi connectivity index (χ3n) is 3.04. The van der Waals surface area contributed by atoms with Gasteiger partial charge in [0.1, 0.15) is 18.3 Å². The van der Waals surface area contributed by atoms with E-state index in [0.29, 0.717) is 12.5 Å². The lowest BCUT2D eigenvalue weighted by Crippen LogP contribution is -2.39. The second kappa shape index (κ2) is 5.41. The van der Waals surface area contributed by atoms with Crippen LogP contribution in [0.15, 0.2) is 24.3 Å². The Balaban J connectivity index is 2.07. The summed E-state index contributed by atoms with van der Waals surface area (Å²) in [7, 11) is 0. The predicted octanol–water partition coefficient (Wildman–Crippen LogP) is 2.30. The molecule has 17 heavy (non-hydrogen) atoms. The molecule has 0 aromatic heterocycles. The number of halogens is 1. The van der Waals surface area contributed by atoms with Gasteiger partial charge in [-0.15, -0.1) is 11.6 Å². The average Bonchev–Trinajstić information content (AvgIpc) is 2.79. The highest BCUT2D eigenvalue weighted by atomic mass is 35.5. The smallest absolute Gasteiger partial charge is 0.231 e. The van der Waals surface area contributed by atoms with Crippen molar-refractivity contribution in [2.45, 2.75) is 25.3 Å². The Morgan fingerprint density at radius 2 is 2.35 bits per heavy atom. The van der Waals surface area contributed by atoms with Gasteiger partial charge < -0.3 is 10.1 Å². The van der Waals surface area contributed by atoms with Crippen LogP contribution in [0.25, 0.3) is 0 Å². The van der Waals surface area contributed by atoms with E-state index in [9.17, 15) is 4.79 Å². The first kappa shape index (κ1) is 12.2. The Labute approximate surface area is 106 Å². The number of carbonyl (C=O) groups excluding carboxylic acids is 1. The maximum Gasteiger partial charge on any atom is 0.231 e. The third-order valence-corrected chi connectivity index (χ3v) is 3.41. The number of rotatable bonds is 4. The highest BCUT2D eigenvalue weighted by Crippen LogP contribution is 2.33. The Morgan fingerprint density at radius 3 is 3.06 bits per heavy atom. The van der Waals surface area contributed by atoms with Crippen LogP contribution in [0.3, 0.4) is 0 Å². The molecule has 1 aliphatic heterocycles. The topological polar surface area (TPSA) is 38.3 Å². The van der Waals surface area contributed by atoms with Crippen LogP contribution in [0.2, 0.25) is 0 Å². The quantitative estimate of drug-likeness (QED) is 0.837. The van der Waals surface area contributed by atoms with Gasteiger partial charge in [0, 0.05) is 17.5 Å². The number of hydrogen-bond acceptors (Lipinski definition) is 2. The molecule has 4 heteroatoms. The lowest BCUT2D eigenvalue weighted by molar-refractivity contribution is -0.123. The van der Waals surface area contributed by atoms with Gasteiger partial charge >= 0.3 is 0 Å². The Hall–Kier alpha value is -1.22. The molecule has 2 atom stereocenters. The van der Waals surface area contributed by atoms with Gasteiger partial charge in [-0.25, -0.2) is 0 Å². The average molecular weight is 254 g/mol. The highest BCUT2D eigenvalue weighted by molar-refractivity contribution is 6.18. The summed E-state index contributed by atoms with van der Waals surface area (Å²) in [6, 6.07) is 7.70. The Morgan fingerprint density at radius 1 is 1.59 bits per heavy atom. The van der Waals surface area contributed by atoms with Crippen molar-refractivity contribution in [3.8, 4) is 5.75 Å². The van der Waals surface area contributed by atoms with Crippen LogP contribution in [0.1, 0.15) is 24.8 Å². The van der Waals surface area contributed by atoms with Crippen LogP contribution in [0.5, 0.6) is 5.75 Å². The van der Waals surface area contributed by atoms with Crippen molar-refractivity contribution in [3.05, 3.63) is 29.8 Å². The summed E-state index contributed by atoms with van der Waals surface area (Å²) in [6.07, 6.45) is 0.838. The van der Waals surface area contributed by atoms with E-state index in [-0.39, 0.29) is 17.9 Å². The van der Waals surface area contributed by atoms with Crippen molar-refractivity contribution in [3.63, 3.8) is 0 Å². The third kappa shape index (κ3) is 2.55. The molecule has 1 heterocycles. The molecule has 0 spiro atoms.